The molecule has 0 radical (unpaired) electrons. The fraction of sp³-hybridized carbons (Fsp3) is 0. The molecule has 7 nitrogen and oxygen atoms in total. The minimum Gasteiger partial charge on any atom is -0.455 e. The summed E-state index contributed by atoms with van der Waals surface area (Å²) in [4.78, 5) is 22.7. The maximum absolute atomic E-state index is 12.0. The number of hydrogen-bond donors (Lipinski definition) is 1. The van der Waals surface area contributed by atoms with Crippen LogP contribution in [0, 0.1) is 10.1 Å². The van der Waals surface area contributed by atoms with Crippen molar-refractivity contribution in [2.45, 2.75) is 0 Å². The van der Waals surface area contributed by atoms with Crippen LogP contribution < -0.4 is 5.43 Å². The minimum atomic E-state index is -0.469. The van der Waals surface area contributed by atoms with Gasteiger partial charge in [-0.05, 0) is 46.3 Å². The number of nitro groups is 1. The van der Waals surface area contributed by atoms with Crippen LogP contribution >= 0.6 is 15.9 Å². The van der Waals surface area contributed by atoms with Crippen LogP contribution in [-0.2, 0) is 0 Å². The van der Waals surface area contributed by atoms with Crippen molar-refractivity contribution in [1.29, 1.82) is 0 Å². The molecular weight excluding hydrogens is 402 g/mol. The monoisotopic (exact) mass is 413 g/mol. The van der Waals surface area contributed by atoms with Crippen LogP contribution in [0.3, 0.4) is 0 Å². The van der Waals surface area contributed by atoms with E-state index in [4.69, 9.17) is 4.42 Å². The number of nitro benzene ring substituents is 1. The fourth-order valence-corrected chi connectivity index (χ4v) is 2.73. The highest BCUT2D eigenvalue weighted by Crippen LogP contribution is 2.30. The summed E-state index contributed by atoms with van der Waals surface area (Å²) >= 11 is 3.30. The topological polar surface area (TPSA) is 97.7 Å². The summed E-state index contributed by atoms with van der Waals surface area (Å²) in [6.45, 7) is 0. The van der Waals surface area contributed by atoms with Gasteiger partial charge in [0.05, 0.1) is 22.3 Å². The quantitative estimate of drug-likeness (QED) is 0.381. The Balaban J connectivity index is 1.73. The van der Waals surface area contributed by atoms with Crippen LogP contribution in [0.4, 0.5) is 5.69 Å². The smallest absolute Gasteiger partial charge is 0.280 e. The number of carbonyl (C=O) groups excluding carboxylic acids is 1. The average Bonchev–Trinajstić information content (AvgIpc) is 3.10. The van der Waals surface area contributed by atoms with Crippen LogP contribution in [0.2, 0.25) is 0 Å². The van der Waals surface area contributed by atoms with Crippen molar-refractivity contribution < 1.29 is 14.1 Å². The molecule has 2 aromatic carbocycles. The van der Waals surface area contributed by atoms with Gasteiger partial charge in [0.25, 0.3) is 11.6 Å². The zero-order valence-electron chi connectivity index (χ0n) is 13.3. The standard InChI is InChI=1S/C18H12BrN3O4/c19-15-7-3-1-5-13(15)18(23)21-20-11-12-9-10-17(26-12)14-6-2-4-8-16(14)22(24)25/h1-11H,(H,21,23)/b20-11+. The lowest BCUT2D eigenvalue weighted by atomic mass is 10.1. The van der Waals surface area contributed by atoms with E-state index in [-0.39, 0.29) is 11.6 Å². The van der Waals surface area contributed by atoms with E-state index in [2.05, 4.69) is 26.5 Å². The van der Waals surface area contributed by atoms with Gasteiger partial charge in [-0.15, -0.1) is 0 Å². The Hall–Kier alpha value is -3.26. The van der Waals surface area contributed by atoms with Gasteiger partial charge in [-0.3, -0.25) is 14.9 Å². The maximum atomic E-state index is 12.0. The largest absolute Gasteiger partial charge is 0.455 e. The van der Waals surface area contributed by atoms with Crippen LogP contribution in [-0.4, -0.2) is 17.0 Å². The van der Waals surface area contributed by atoms with Crippen LogP contribution in [0.5, 0.6) is 0 Å². The van der Waals surface area contributed by atoms with E-state index in [0.717, 1.165) is 0 Å². The summed E-state index contributed by atoms with van der Waals surface area (Å²) in [6, 6.07) is 16.5. The third-order valence-corrected chi connectivity index (χ3v) is 4.16. The van der Waals surface area contributed by atoms with E-state index in [9.17, 15) is 14.9 Å². The normalized spacial score (nSPS) is 10.8. The molecule has 0 aliphatic carbocycles. The molecule has 0 aliphatic rings. The summed E-state index contributed by atoms with van der Waals surface area (Å²) in [5.74, 6) is 0.320. The highest BCUT2D eigenvalue weighted by atomic mass is 79.9. The Labute approximate surface area is 156 Å². The maximum Gasteiger partial charge on any atom is 0.280 e. The molecule has 3 rings (SSSR count). The number of carbonyl (C=O) groups is 1. The first-order valence-electron chi connectivity index (χ1n) is 7.48. The number of furan rings is 1. The van der Waals surface area contributed by atoms with Gasteiger partial charge in [-0.25, -0.2) is 5.43 Å². The van der Waals surface area contributed by atoms with Crippen molar-refractivity contribution in [3.05, 3.63) is 86.6 Å². The molecule has 0 spiro atoms. The Bertz CT molecular complexity index is 997. The first kappa shape index (κ1) is 17.6. The zero-order valence-corrected chi connectivity index (χ0v) is 14.8. The molecule has 0 saturated carbocycles. The second-order valence-corrected chi connectivity index (χ2v) is 6.01. The molecule has 1 aromatic heterocycles. The van der Waals surface area contributed by atoms with Gasteiger partial charge in [0.15, 0.2) is 0 Å². The number of hydrazone groups is 1. The van der Waals surface area contributed by atoms with E-state index in [1.807, 2.05) is 0 Å². The number of para-hydroxylation sites is 1. The third kappa shape index (κ3) is 3.86. The number of benzene rings is 2. The average molecular weight is 414 g/mol. The molecule has 1 heterocycles. The molecular formula is C18H12BrN3O4. The molecule has 1 amide bonds. The van der Waals surface area contributed by atoms with E-state index in [1.165, 1.54) is 12.3 Å². The second-order valence-electron chi connectivity index (χ2n) is 5.16. The molecule has 0 fully saturated rings. The van der Waals surface area contributed by atoms with Gasteiger partial charge in [0, 0.05) is 10.5 Å². The first-order chi connectivity index (χ1) is 12.6. The van der Waals surface area contributed by atoms with Gasteiger partial charge >= 0.3 is 0 Å². The van der Waals surface area contributed by atoms with E-state index in [0.29, 0.717) is 27.1 Å². The molecule has 1 N–H and O–H groups in total. The number of amides is 1. The van der Waals surface area contributed by atoms with E-state index >= 15 is 0 Å². The van der Waals surface area contributed by atoms with Crippen molar-refractivity contribution in [2.75, 3.05) is 0 Å². The van der Waals surface area contributed by atoms with Crippen molar-refractivity contribution in [3.8, 4) is 11.3 Å². The molecule has 0 unspecified atom stereocenters. The highest BCUT2D eigenvalue weighted by molar-refractivity contribution is 9.10. The van der Waals surface area contributed by atoms with Crippen molar-refractivity contribution >= 4 is 33.7 Å². The Morgan fingerprint density at radius 1 is 1.12 bits per heavy atom. The van der Waals surface area contributed by atoms with Gasteiger partial charge in [-0.2, -0.15) is 5.10 Å². The predicted molar refractivity (Wildman–Crippen MR) is 100 cm³/mol. The lowest BCUT2D eigenvalue weighted by Crippen LogP contribution is -2.17. The van der Waals surface area contributed by atoms with E-state index in [1.54, 1.807) is 54.6 Å². The van der Waals surface area contributed by atoms with Crippen LogP contribution in [0.15, 0.2) is 74.7 Å². The first-order valence-corrected chi connectivity index (χ1v) is 8.27. The highest BCUT2D eigenvalue weighted by Gasteiger charge is 2.16. The minimum absolute atomic E-state index is 0.0485. The summed E-state index contributed by atoms with van der Waals surface area (Å²) in [5.41, 5.74) is 3.17. The molecule has 0 atom stereocenters. The van der Waals surface area contributed by atoms with Gasteiger partial charge < -0.3 is 4.42 Å². The molecule has 3 aromatic rings. The number of halogens is 1. The summed E-state index contributed by atoms with van der Waals surface area (Å²) in [6.07, 6.45) is 1.33. The lowest BCUT2D eigenvalue weighted by molar-refractivity contribution is -0.384. The van der Waals surface area contributed by atoms with Crippen LogP contribution in [0.1, 0.15) is 16.1 Å². The number of rotatable bonds is 5. The molecule has 0 saturated heterocycles. The SMILES string of the molecule is O=C(N/N=C/c1ccc(-c2ccccc2[N+](=O)[O-])o1)c1ccccc1Br. The zero-order chi connectivity index (χ0) is 18.5. The summed E-state index contributed by atoms with van der Waals surface area (Å²) in [7, 11) is 0. The number of nitrogens with one attached hydrogen (secondary N) is 1. The van der Waals surface area contributed by atoms with Crippen molar-refractivity contribution in [3.63, 3.8) is 0 Å². The number of nitrogens with zero attached hydrogens (tertiary/aromatic N) is 2. The molecule has 8 heteroatoms. The lowest BCUT2D eigenvalue weighted by Gasteiger charge is -2.01. The Morgan fingerprint density at radius 2 is 1.85 bits per heavy atom. The third-order valence-electron chi connectivity index (χ3n) is 3.47. The Kier molecular flexibility index (Phi) is 5.23. The Morgan fingerprint density at radius 3 is 2.62 bits per heavy atom. The molecule has 26 heavy (non-hydrogen) atoms. The molecule has 0 aliphatic heterocycles. The summed E-state index contributed by atoms with van der Waals surface area (Å²) < 4.78 is 6.21. The predicted octanol–water partition coefficient (Wildman–Crippen LogP) is 4.38. The van der Waals surface area contributed by atoms with Crippen molar-refractivity contribution in [1.82, 2.24) is 5.43 Å². The van der Waals surface area contributed by atoms with Gasteiger partial charge in [-0.1, -0.05) is 24.3 Å². The fourth-order valence-electron chi connectivity index (χ4n) is 2.27. The van der Waals surface area contributed by atoms with E-state index < -0.39 is 4.92 Å². The molecule has 0 bridgehead atoms. The van der Waals surface area contributed by atoms with Crippen LogP contribution in [0.25, 0.3) is 11.3 Å². The van der Waals surface area contributed by atoms with Crippen molar-refractivity contribution in [2.24, 2.45) is 5.10 Å². The summed E-state index contributed by atoms with van der Waals surface area (Å²) in [5, 5.41) is 14.9. The second kappa shape index (κ2) is 7.75. The van der Waals surface area contributed by atoms with Gasteiger partial charge in [0.2, 0.25) is 0 Å². The molecule has 130 valence electrons. The van der Waals surface area contributed by atoms with Gasteiger partial charge in [0.1, 0.15) is 11.5 Å². The number of hydrogen-bond acceptors (Lipinski definition) is 5.